The van der Waals surface area contributed by atoms with Gasteiger partial charge in [0.25, 0.3) is 0 Å². The van der Waals surface area contributed by atoms with Gasteiger partial charge in [0.15, 0.2) is 0 Å². The molecule has 0 radical (unpaired) electrons. The molecule has 9 aromatic carbocycles. The Balaban J connectivity index is 0.981. The summed E-state index contributed by atoms with van der Waals surface area (Å²) in [6, 6.07) is 72.2. The van der Waals surface area contributed by atoms with Gasteiger partial charge in [-0.2, -0.15) is 0 Å². The van der Waals surface area contributed by atoms with Gasteiger partial charge in [0.2, 0.25) is 0 Å². The maximum atomic E-state index is 2.50. The third kappa shape index (κ3) is 5.34. The largest absolute Gasteiger partial charge is 0.310 e. The van der Waals surface area contributed by atoms with E-state index in [0.717, 1.165) is 23.5 Å². The van der Waals surface area contributed by atoms with Gasteiger partial charge in [0.05, 0.1) is 0 Å². The quantitative estimate of drug-likeness (QED) is 0.169. The monoisotopic (exact) mass is 761 g/mol. The maximum absolute atomic E-state index is 2.50. The molecule has 2 aromatic heterocycles. The van der Waals surface area contributed by atoms with Crippen LogP contribution in [0.25, 0.3) is 73.4 Å². The van der Waals surface area contributed by atoms with Crippen molar-refractivity contribution >= 4 is 90.9 Å². The average molecular weight is 762 g/mol. The minimum absolute atomic E-state index is 0.299. The molecule has 0 N–H and O–H groups in total. The second kappa shape index (κ2) is 13.0. The molecule has 0 saturated carbocycles. The Morgan fingerprint density at radius 3 is 1.84 bits per heavy atom. The van der Waals surface area contributed by atoms with Crippen LogP contribution < -0.4 is 4.90 Å². The summed E-state index contributed by atoms with van der Waals surface area (Å²) >= 11 is 3.78. The van der Waals surface area contributed by atoms with Crippen molar-refractivity contribution in [1.29, 1.82) is 0 Å². The summed E-state index contributed by atoms with van der Waals surface area (Å²) in [7, 11) is 0. The van der Waals surface area contributed by atoms with Crippen LogP contribution in [0.4, 0.5) is 17.1 Å². The molecule has 0 fully saturated rings. The zero-order valence-electron chi connectivity index (χ0n) is 31.0. The number of thiophene rings is 2. The number of fused-ring (bicyclic) bond motifs is 11. The molecule has 1 unspecified atom stereocenters. The Hall–Kier alpha value is -6.52. The van der Waals surface area contributed by atoms with Crippen molar-refractivity contribution in [1.82, 2.24) is 0 Å². The van der Waals surface area contributed by atoms with E-state index in [1.165, 1.54) is 90.1 Å². The van der Waals surface area contributed by atoms with Crippen LogP contribution in [-0.2, 0) is 6.42 Å². The van der Waals surface area contributed by atoms with E-state index in [1.807, 2.05) is 22.7 Å². The molecule has 57 heavy (non-hydrogen) atoms. The maximum Gasteiger partial charge on any atom is 0.0476 e. The van der Waals surface area contributed by atoms with Gasteiger partial charge in [-0.15, -0.1) is 22.7 Å². The number of rotatable bonds is 5. The fraction of sp³-hybridized carbons (Fsp3) is 0.0370. The lowest BCUT2D eigenvalue weighted by atomic mass is 9.74. The molecular weight excluding hydrogens is 727 g/mol. The van der Waals surface area contributed by atoms with Crippen molar-refractivity contribution < 1.29 is 0 Å². The van der Waals surface area contributed by atoms with E-state index in [1.54, 1.807) is 0 Å². The van der Waals surface area contributed by atoms with E-state index in [9.17, 15) is 0 Å². The normalized spacial score (nSPS) is 13.7. The van der Waals surface area contributed by atoms with Crippen LogP contribution in [0.15, 0.2) is 194 Å². The van der Waals surface area contributed by atoms with Crippen LogP contribution in [0.3, 0.4) is 0 Å². The predicted molar refractivity (Wildman–Crippen MR) is 247 cm³/mol. The fourth-order valence-electron chi connectivity index (χ4n) is 9.29. The van der Waals surface area contributed by atoms with Crippen molar-refractivity contribution in [2.24, 2.45) is 0 Å². The number of para-hydroxylation sites is 1. The van der Waals surface area contributed by atoms with Gasteiger partial charge in [-0.05, 0) is 111 Å². The van der Waals surface area contributed by atoms with Gasteiger partial charge < -0.3 is 4.90 Å². The predicted octanol–water partition coefficient (Wildman–Crippen LogP) is 16.1. The Bertz CT molecular complexity index is 3320. The Morgan fingerprint density at radius 1 is 0.404 bits per heavy atom. The first-order chi connectivity index (χ1) is 28.2. The van der Waals surface area contributed by atoms with E-state index in [-0.39, 0.29) is 0 Å². The topological polar surface area (TPSA) is 3.24 Å². The molecule has 0 spiro atoms. The van der Waals surface area contributed by atoms with E-state index in [0.29, 0.717) is 5.92 Å². The molecule has 11 aromatic rings. The van der Waals surface area contributed by atoms with Crippen molar-refractivity contribution in [3.8, 4) is 22.3 Å². The van der Waals surface area contributed by atoms with Crippen LogP contribution in [0.1, 0.15) is 22.6 Å². The molecule has 1 atom stereocenters. The molecule has 3 heteroatoms. The number of anilines is 3. The van der Waals surface area contributed by atoms with Crippen molar-refractivity contribution in [2.75, 3.05) is 4.90 Å². The third-order valence-corrected chi connectivity index (χ3v) is 14.4. The van der Waals surface area contributed by atoms with Crippen molar-refractivity contribution in [3.05, 3.63) is 211 Å². The molecule has 268 valence electrons. The third-order valence-electron chi connectivity index (χ3n) is 12.0. The summed E-state index contributed by atoms with van der Waals surface area (Å²) in [5, 5.41) is 8.00. The minimum Gasteiger partial charge on any atom is -0.310 e. The van der Waals surface area contributed by atoms with Gasteiger partial charge >= 0.3 is 0 Å². The summed E-state index contributed by atoms with van der Waals surface area (Å²) in [4.78, 5) is 2.38. The first-order valence-corrected chi connectivity index (χ1v) is 21.3. The number of benzene rings is 9. The summed E-state index contributed by atoms with van der Waals surface area (Å²) in [6.07, 6.45) is 0.989. The van der Waals surface area contributed by atoms with Crippen LogP contribution >= 0.6 is 22.7 Å². The Labute approximate surface area is 339 Å². The van der Waals surface area contributed by atoms with E-state index in [4.69, 9.17) is 0 Å². The highest BCUT2D eigenvalue weighted by Crippen LogP contribution is 2.48. The molecule has 1 aliphatic carbocycles. The lowest BCUT2D eigenvalue weighted by Gasteiger charge is -2.29. The number of hydrogen-bond acceptors (Lipinski definition) is 3. The van der Waals surface area contributed by atoms with Gasteiger partial charge in [-0.3, -0.25) is 0 Å². The second-order valence-electron chi connectivity index (χ2n) is 15.2. The molecule has 0 amide bonds. The molecule has 0 saturated heterocycles. The number of hydrogen-bond donors (Lipinski definition) is 0. The lowest BCUT2D eigenvalue weighted by Crippen LogP contribution is -2.13. The summed E-state index contributed by atoms with van der Waals surface area (Å²) < 4.78 is 5.35. The van der Waals surface area contributed by atoms with Crippen LogP contribution in [0, 0.1) is 0 Å². The van der Waals surface area contributed by atoms with Gasteiger partial charge in [0, 0.05) is 68.7 Å². The highest BCUT2D eigenvalue weighted by molar-refractivity contribution is 7.26. The van der Waals surface area contributed by atoms with Crippen LogP contribution in [0.2, 0.25) is 0 Å². The SMILES string of the molecule is c1ccc(C2Cc3cc4ccc5c6ccccc6sc5c4cc3-c3cc(-c4ccc(N(c5ccccc5)c5ccc6c(c5)sc5ccccc56)cc4)ccc32)cc1. The minimum atomic E-state index is 0.299. The highest BCUT2D eigenvalue weighted by atomic mass is 32.1. The zero-order chi connectivity index (χ0) is 37.5. The molecule has 0 aliphatic heterocycles. The standard InChI is InChI=1S/C54H35NS2/c1-3-11-35(12-4-1)47-31-38-29-37-22-27-46-44-16-8-10-18-52(44)57-54(46)49(37)33-48(38)50-30-36(21-26-42(47)50)34-19-23-40(24-20-34)55(39-13-5-2-6-14-39)41-25-28-45-43-15-7-9-17-51(43)56-53(45)32-41/h1-30,32-33,47H,31H2. The second-order valence-corrected chi connectivity index (χ2v) is 17.4. The smallest absolute Gasteiger partial charge is 0.0476 e. The zero-order valence-corrected chi connectivity index (χ0v) is 32.7. The highest BCUT2D eigenvalue weighted by Gasteiger charge is 2.27. The van der Waals surface area contributed by atoms with Crippen LogP contribution in [-0.4, -0.2) is 0 Å². The summed E-state index contributed by atoms with van der Waals surface area (Å²) in [5.41, 5.74) is 12.8. The molecule has 1 aliphatic rings. The van der Waals surface area contributed by atoms with E-state index in [2.05, 4.69) is 199 Å². The summed E-state index contributed by atoms with van der Waals surface area (Å²) in [5.74, 6) is 0.299. The fourth-order valence-corrected chi connectivity index (χ4v) is 11.7. The first-order valence-electron chi connectivity index (χ1n) is 19.7. The van der Waals surface area contributed by atoms with E-state index < -0.39 is 0 Å². The van der Waals surface area contributed by atoms with E-state index >= 15 is 0 Å². The molecule has 12 rings (SSSR count). The van der Waals surface area contributed by atoms with Crippen LogP contribution in [0.5, 0.6) is 0 Å². The molecule has 0 bridgehead atoms. The first kappa shape index (κ1) is 32.7. The van der Waals surface area contributed by atoms with Gasteiger partial charge in [-0.25, -0.2) is 0 Å². The van der Waals surface area contributed by atoms with Gasteiger partial charge in [-0.1, -0.05) is 133 Å². The molecular formula is C54H35NS2. The summed E-state index contributed by atoms with van der Waals surface area (Å²) in [6.45, 7) is 0. The Kier molecular flexibility index (Phi) is 7.47. The molecule has 1 nitrogen and oxygen atoms in total. The molecule has 2 heterocycles. The van der Waals surface area contributed by atoms with Crippen molar-refractivity contribution in [3.63, 3.8) is 0 Å². The lowest BCUT2D eigenvalue weighted by molar-refractivity contribution is 0.795. The average Bonchev–Trinajstić information content (AvgIpc) is 3.85. The Morgan fingerprint density at radius 2 is 1.04 bits per heavy atom. The van der Waals surface area contributed by atoms with Crippen molar-refractivity contribution in [2.45, 2.75) is 12.3 Å². The number of nitrogens with zero attached hydrogens (tertiary/aromatic N) is 1. The van der Waals surface area contributed by atoms with Gasteiger partial charge in [0.1, 0.15) is 0 Å².